The highest BCUT2D eigenvalue weighted by atomic mass is 16.3. The lowest BCUT2D eigenvalue weighted by Crippen LogP contribution is -1.80. The summed E-state index contributed by atoms with van der Waals surface area (Å²) in [6.07, 6.45) is 0. The van der Waals surface area contributed by atoms with E-state index in [2.05, 4.69) is 5.18 Å². The molecule has 3 heteroatoms. The number of aromatic hydroxyl groups is 1. The van der Waals surface area contributed by atoms with Gasteiger partial charge < -0.3 is 5.11 Å². The predicted octanol–water partition coefficient (Wildman–Crippen LogP) is 3.77. The number of phenols is 1. The van der Waals surface area contributed by atoms with Gasteiger partial charge in [0.2, 0.25) is 0 Å². The van der Waals surface area contributed by atoms with E-state index in [0.29, 0.717) is 5.69 Å². The Kier molecular flexibility index (Phi) is 2.68. The van der Waals surface area contributed by atoms with Crippen LogP contribution in [-0.4, -0.2) is 5.11 Å². The Morgan fingerprint density at radius 2 is 1.62 bits per heavy atom. The first kappa shape index (κ1) is 10.4. The molecule has 0 radical (unpaired) electrons. The molecule has 0 unspecified atom stereocenters. The lowest BCUT2D eigenvalue weighted by atomic mass is 10.0. The van der Waals surface area contributed by atoms with Crippen LogP contribution in [0.25, 0.3) is 11.1 Å². The highest BCUT2D eigenvalue weighted by molar-refractivity contribution is 5.67. The lowest BCUT2D eigenvalue weighted by molar-refractivity contribution is 0.475. The smallest absolute Gasteiger partial charge is 0.115 e. The molecule has 80 valence electrons. The van der Waals surface area contributed by atoms with Crippen molar-refractivity contribution in [3.05, 3.63) is 52.9 Å². The van der Waals surface area contributed by atoms with Crippen molar-refractivity contribution in [1.29, 1.82) is 0 Å². The van der Waals surface area contributed by atoms with Gasteiger partial charge in [0.1, 0.15) is 11.4 Å². The van der Waals surface area contributed by atoms with E-state index >= 15 is 0 Å². The fourth-order valence-corrected chi connectivity index (χ4v) is 1.59. The van der Waals surface area contributed by atoms with Crippen LogP contribution in [0, 0.1) is 11.8 Å². The Balaban J connectivity index is 2.45. The summed E-state index contributed by atoms with van der Waals surface area (Å²) in [5.41, 5.74) is 3.31. The van der Waals surface area contributed by atoms with Crippen molar-refractivity contribution in [3.8, 4) is 16.9 Å². The van der Waals surface area contributed by atoms with E-state index in [0.717, 1.165) is 16.7 Å². The van der Waals surface area contributed by atoms with Crippen molar-refractivity contribution < 1.29 is 5.11 Å². The zero-order valence-corrected chi connectivity index (χ0v) is 8.84. The summed E-state index contributed by atoms with van der Waals surface area (Å²) in [7, 11) is 0. The highest BCUT2D eigenvalue weighted by Crippen LogP contribution is 2.27. The van der Waals surface area contributed by atoms with Gasteiger partial charge in [-0.1, -0.05) is 18.2 Å². The van der Waals surface area contributed by atoms with Gasteiger partial charge in [-0.05, 0) is 53.1 Å². The molecule has 2 aromatic rings. The molecule has 0 aliphatic carbocycles. The topological polar surface area (TPSA) is 49.7 Å². The van der Waals surface area contributed by atoms with E-state index in [-0.39, 0.29) is 5.75 Å². The molecule has 3 nitrogen and oxygen atoms in total. The van der Waals surface area contributed by atoms with Crippen molar-refractivity contribution in [2.75, 3.05) is 0 Å². The van der Waals surface area contributed by atoms with Gasteiger partial charge in [-0.25, -0.2) is 0 Å². The van der Waals surface area contributed by atoms with E-state index in [1.165, 1.54) is 0 Å². The van der Waals surface area contributed by atoms with Crippen LogP contribution in [0.2, 0.25) is 0 Å². The number of benzene rings is 2. The molecule has 0 aliphatic rings. The van der Waals surface area contributed by atoms with Gasteiger partial charge in [-0.15, -0.1) is 4.91 Å². The van der Waals surface area contributed by atoms with E-state index in [1.54, 1.807) is 18.2 Å². The van der Waals surface area contributed by atoms with Crippen LogP contribution in [0.4, 0.5) is 5.69 Å². The quantitative estimate of drug-likeness (QED) is 0.772. The molecule has 1 N–H and O–H groups in total. The molecule has 16 heavy (non-hydrogen) atoms. The number of nitrogens with zero attached hydrogens (tertiary/aromatic N) is 1. The second-order valence-electron chi connectivity index (χ2n) is 3.64. The lowest BCUT2D eigenvalue weighted by Gasteiger charge is -2.04. The third-order valence-corrected chi connectivity index (χ3v) is 2.50. The SMILES string of the molecule is Cc1cc(-c2ccc(O)cc2)ccc1N=O. The van der Waals surface area contributed by atoms with Crippen LogP contribution in [0.3, 0.4) is 0 Å². The molecule has 2 rings (SSSR count). The Hall–Kier alpha value is -2.16. The Morgan fingerprint density at radius 3 is 2.19 bits per heavy atom. The van der Waals surface area contributed by atoms with Crippen LogP contribution in [0.15, 0.2) is 47.6 Å². The monoisotopic (exact) mass is 213 g/mol. The minimum Gasteiger partial charge on any atom is -0.508 e. The van der Waals surface area contributed by atoms with Crippen LogP contribution in [0.1, 0.15) is 5.56 Å². The molecule has 0 saturated carbocycles. The molecule has 0 bridgehead atoms. The second-order valence-corrected chi connectivity index (χ2v) is 3.64. The summed E-state index contributed by atoms with van der Waals surface area (Å²) in [5.74, 6) is 0.242. The van der Waals surface area contributed by atoms with Gasteiger partial charge in [0.15, 0.2) is 0 Å². The van der Waals surface area contributed by atoms with E-state index in [1.807, 2.05) is 31.2 Å². The summed E-state index contributed by atoms with van der Waals surface area (Å²) in [5, 5.41) is 12.1. The summed E-state index contributed by atoms with van der Waals surface area (Å²) < 4.78 is 0. The van der Waals surface area contributed by atoms with E-state index in [4.69, 9.17) is 0 Å². The molecule has 0 saturated heterocycles. The van der Waals surface area contributed by atoms with Crippen molar-refractivity contribution in [2.24, 2.45) is 5.18 Å². The maximum Gasteiger partial charge on any atom is 0.115 e. The summed E-state index contributed by atoms with van der Waals surface area (Å²) in [6, 6.07) is 12.4. The second kappa shape index (κ2) is 4.14. The Morgan fingerprint density at radius 1 is 1.00 bits per heavy atom. The first-order valence-electron chi connectivity index (χ1n) is 4.94. The molecule has 0 atom stereocenters. The number of hydrogen-bond donors (Lipinski definition) is 1. The number of phenolic OH excluding ortho intramolecular Hbond substituents is 1. The van der Waals surface area contributed by atoms with Gasteiger partial charge in [0, 0.05) is 0 Å². The fraction of sp³-hybridized carbons (Fsp3) is 0.0769. The standard InChI is InChI=1S/C13H11NO2/c1-9-8-11(4-7-13(9)14-16)10-2-5-12(15)6-3-10/h2-8,15H,1H3. The van der Waals surface area contributed by atoms with E-state index in [9.17, 15) is 10.0 Å². The van der Waals surface area contributed by atoms with Crippen LogP contribution < -0.4 is 0 Å². The molecule has 0 aliphatic heterocycles. The van der Waals surface area contributed by atoms with Crippen molar-refractivity contribution in [3.63, 3.8) is 0 Å². The normalized spacial score (nSPS) is 10.1. The molecular weight excluding hydrogens is 202 g/mol. The highest BCUT2D eigenvalue weighted by Gasteiger charge is 2.02. The molecule has 2 aromatic carbocycles. The average molecular weight is 213 g/mol. The maximum absolute atomic E-state index is 10.4. The van der Waals surface area contributed by atoms with Crippen molar-refractivity contribution in [1.82, 2.24) is 0 Å². The third kappa shape index (κ3) is 1.93. The zero-order valence-electron chi connectivity index (χ0n) is 8.84. The largest absolute Gasteiger partial charge is 0.508 e. The zero-order chi connectivity index (χ0) is 11.5. The fourth-order valence-electron chi connectivity index (χ4n) is 1.59. The number of nitroso groups, excluding NO2 is 1. The molecule has 0 aromatic heterocycles. The predicted molar refractivity (Wildman–Crippen MR) is 63.7 cm³/mol. The summed E-state index contributed by atoms with van der Waals surface area (Å²) in [6.45, 7) is 1.85. The van der Waals surface area contributed by atoms with Crippen LogP contribution in [-0.2, 0) is 0 Å². The Labute approximate surface area is 93.3 Å². The van der Waals surface area contributed by atoms with Gasteiger partial charge in [-0.2, -0.15) is 0 Å². The minimum atomic E-state index is 0.242. The molecule has 0 spiro atoms. The van der Waals surface area contributed by atoms with Crippen molar-refractivity contribution in [2.45, 2.75) is 6.92 Å². The number of hydrogen-bond acceptors (Lipinski definition) is 3. The number of aryl methyl sites for hydroxylation is 1. The molecular formula is C13H11NO2. The molecule has 0 fully saturated rings. The first-order chi connectivity index (χ1) is 7.70. The maximum atomic E-state index is 10.4. The van der Waals surface area contributed by atoms with Gasteiger partial charge in [0.25, 0.3) is 0 Å². The summed E-state index contributed by atoms with van der Waals surface area (Å²) in [4.78, 5) is 10.4. The first-order valence-corrected chi connectivity index (χ1v) is 4.94. The average Bonchev–Trinajstić information content (AvgIpc) is 2.30. The summed E-state index contributed by atoms with van der Waals surface area (Å²) >= 11 is 0. The van der Waals surface area contributed by atoms with Crippen molar-refractivity contribution >= 4 is 5.69 Å². The van der Waals surface area contributed by atoms with Crippen LogP contribution >= 0.6 is 0 Å². The number of rotatable bonds is 2. The van der Waals surface area contributed by atoms with Gasteiger partial charge >= 0.3 is 0 Å². The van der Waals surface area contributed by atoms with Gasteiger partial charge in [-0.3, -0.25) is 0 Å². The Bertz CT molecular complexity index is 518. The van der Waals surface area contributed by atoms with Crippen LogP contribution in [0.5, 0.6) is 5.75 Å². The molecule has 0 amide bonds. The minimum absolute atomic E-state index is 0.242. The molecule has 0 heterocycles. The van der Waals surface area contributed by atoms with E-state index < -0.39 is 0 Å². The van der Waals surface area contributed by atoms with Gasteiger partial charge in [0.05, 0.1) is 0 Å². The third-order valence-electron chi connectivity index (χ3n) is 2.50.